The first kappa shape index (κ1) is 9.30. The summed E-state index contributed by atoms with van der Waals surface area (Å²) in [5, 5.41) is 0. The molecule has 2 nitrogen and oxygen atoms in total. The number of rotatable bonds is 2. The Balaban J connectivity index is 2.38. The van der Waals surface area contributed by atoms with Crippen molar-refractivity contribution < 1.29 is 9.53 Å². The predicted octanol–water partition coefficient (Wildman–Crippen LogP) is 2.29. The lowest BCUT2D eigenvalue weighted by atomic mass is 9.88. The van der Waals surface area contributed by atoms with E-state index in [1.165, 1.54) is 25.3 Å². The molecule has 0 aromatic heterocycles. The second-order valence-corrected chi connectivity index (χ2v) is 3.44. The minimum absolute atomic E-state index is 0.129. The highest BCUT2D eigenvalue weighted by atomic mass is 16.5. The van der Waals surface area contributed by atoms with Crippen LogP contribution in [0.15, 0.2) is 12.7 Å². The molecule has 2 heteroatoms. The van der Waals surface area contributed by atoms with E-state index in [0.717, 1.165) is 6.42 Å². The summed E-state index contributed by atoms with van der Waals surface area (Å²) >= 11 is 0. The van der Waals surface area contributed by atoms with Crippen LogP contribution in [0, 0.1) is 5.92 Å². The van der Waals surface area contributed by atoms with Gasteiger partial charge in [0.15, 0.2) is 0 Å². The summed E-state index contributed by atoms with van der Waals surface area (Å²) in [5.41, 5.74) is 0. The molecule has 1 aliphatic carbocycles. The van der Waals surface area contributed by atoms with Gasteiger partial charge in [0.2, 0.25) is 0 Å². The molecule has 0 bridgehead atoms. The maximum atomic E-state index is 10.9. The summed E-state index contributed by atoms with van der Waals surface area (Å²) in [6, 6.07) is 0. The van der Waals surface area contributed by atoms with E-state index in [4.69, 9.17) is 4.74 Å². The van der Waals surface area contributed by atoms with Crippen LogP contribution in [0.25, 0.3) is 0 Å². The van der Waals surface area contributed by atoms with E-state index in [1.807, 2.05) is 0 Å². The van der Waals surface area contributed by atoms with Crippen molar-refractivity contribution in [1.82, 2.24) is 0 Å². The van der Waals surface area contributed by atoms with Crippen LogP contribution in [0.3, 0.4) is 0 Å². The molecule has 0 aromatic carbocycles. The maximum Gasteiger partial charge on any atom is 0.330 e. The Morgan fingerprint density at radius 2 is 2.17 bits per heavy atom. The highest BCUT2D eigenvalue weighted by molar-refractivity contribution is 5.81. The molecule has 0 aliphatic heterocycles. The Bertz CT molecular complexity index is 175. The van der Waals surface area contributed by atoms with Gasteiger partial charge in [-0.05, 0) is 25.2 Å². The molecule has 0 spiro atoms. The van der Waals surface area contributed by atoms with Gasteiger partial charge in [0.25, 0.3) is 0 Å². The Morgan fingerprint density at radius 3 is 2.75 bits per heavy atom. The molecule has 0 N–H and O–H groups in total. The molecule has 12 heavy (non-hydrogen) atoms. The van der Waals surface area contributed by atoms with Gasteiger partial charge >= 0.3 is 5.97 Å². The number of carbonyl (C=O) groups is 1. The van der Waals surface area contributed by atoms with Crippen molar-refractivity contribution in [1.29, 1.82) is 0 Å². The van der Waals surface area contributed by atoms with Gasteiger partial charge < -0.3 is 4.74 Å². The average Bonchev–Trinajstić information content (AvgIpc) is 2.09. The van der Waals surface area contributed by atoms with E-state index >= 15 is 0 Å². The monoisotopic (exact) mass is 168 g/mol. The summed E-state index contributed by atoms with van der Waals surface area (Å²) in [7, 11) is 0. The van der Waals surface area contributed by atoms with Gasteiger partial charge in [-0.1, -0.05) is 19.9 Å². The average molecular weight is 168 g/mol. The lowest BCUT2D eigenvalue weighted by Gasteiger charge is -2.27. The van der Waals surface area contributed by atoms with Gasteiger partial charge in [0.1, 0.15) is 6.10 Å². The van der Waals surface area contributed by atoms with Crippen LogP contribution in [0.2, 0.25) is 0 Å². The Kier molecular flexibility index (Phi) is 3.32. The Morgan fingerprint density at radius 1 is 1.50 bits per heavy atom. The lowest BCUT2D eigenvalue weighted by Crippen LogP contribution is -2.27. The first-order valence-corrected chi connectivity index (χ1v) is 4.57. The zero-order valence-electron chi connectivity index (χ0n) is 7.58. The molecule has 1 fully saturated rings. The SMILES string of the molecule is C=CC(=O)O[C@H]1CCCC[C@H]1C. The lowest BCUT2D eigenvalue weighted by molar-refractivity contribution is -0.147. The third kappa shape index (κ3) is 2.36. The molecule has 0 aromatic rings. The standard InChI is InChI=1S/C10H16O2/c1-3-10(11)12-9-7-5-4-6-8(9)2/h3,8-9H,1,4-7H2,2H3/t8-,9+/m1/s1. The van der Waals surface area contributed by atoms with Crippen molar-refractivity contribution in [3.05, 3.63) is 12.7 Å². The van der Waals surface area contributed by atoms with Gasteiger partial charge in [-0.25, -0.2) is 4.79 Å². The Hall–Kier alpha value is -0.790. The van der Waals surface area contributed by atoms with Crippen LogP contribution in [-0.4, -0.2) is 12.1 Å². The topological polar surface area (TPSA) is 26.3 Å². The molecule has 0 radical (unpaired) electrons. The number of esters is 1. The van der Waals surface area contributed by atoms with Crippen molar-refractivity contribution >= 4 is 5.97 Å². The number of carbonyl (C=O) groups excluding carboxylic acids is 1. The molecule has 0 unspecified atom stereocenters. The fourth-order valence-corrected chi connectivity index (χ4v) is 1.65. The molecule has 2 atom stereocenters. The smallest absolute Gasteiger partial charge is 0.330 e. The zero-order chi connectivity index (χ0) is 8.97. The van der Waals surface area contributed by atoms with Crippen LogP contribution in [-0.2, 0) is 9.53 Å². The maximum absolute atomic E-state index is 10.9. The normalized spacial score (nSPS) is 29.4. The molecule has 0 heterocycles. The minimum atomic E-state index is -0.284. The van der Waals surface area contributed by atoms with E-state index in [-0.39, 0.29) is 12.1 Å². The molecule has 1 saturated carbocycles. The van der Waals surface area contributed by atoms with Crippen molar-refractivity contribution in [3.63, 3.8) is 0 Å². The van der Waals surface area contributed by atoms with Crippen molar-refractivity contribution in [3.8, 4) is 0 Å². The van der Waals surface area contributed by atoms with Crippen molar-refractivity contribution in [2.24, 2.45) is 5.92 Å². The number of ether oxygens (including phenoxy) is 1. The summed E-state index contributed by atoms with van der Waals surface area (Å²) < 4.78 is 5.20. The summed E-state index contributed by atoms with van der Waals surface area (Å²) in [6.07, 6.45) is 6.00. The third-order valence-corrected chi connectivity index (χ3v) is 2.47. The first-order chi connectivity index (χ1) is 5.74. The van der Waals surface area contributed by atoms with E-state index in [1.54, 1.807) is 0 Å². The van der Waals surface area contributed by atoms with Gasteiger partial charge in [-0.2, -0.15) is 0 Å². The highest BCUT2D eigenvalue weighted by Crippen LogP contribution is 2.26. The van der Waals surface area contributed by atoms with Crippen LogP contribution in [0.4, 0.5) is 0 Å². The Labute approximate surface area is 73.6 Å². The molecule has 1 rings (SSSR count). The second-order valence-electron chi connectivity index (χ2n) is 3.44. The predicted molar refractivity (Wildman–Crippen MR) is 47.7 cm³/mol. The van der Waals surface area contributed by atoms with Crippen LogP contribution >= 0.6 is 0 Å². The van der Waals surface area contributed by atoms with Crippen LogP contribution < -0.4 is 0 Å². The number of hydrogen-bond donors (Lipinski definition) is 0. The van der Waals surface area contributed by atoms with Crippen molar-refractivity contribution in [2.75, 3.05) is 0 Å². The van der Waals surface area contributed by atoms with E-state index in [9.17, 15) is 4.79 Å². The summed E-state index contributed by atoms with van der Waals surface area (Å²) in [6.45, 7) is 5.52. The molecule has 0 amide bonds. The molecular weight excluding hydrogens is 152 g/mol. The first-order valence-electron chi connectivity index (χ1n) is 4.57. The van der Waals surface area contributed by atoms with Gasteiger partial charge in [-0.3, -0.25) is 0 Å². The van der Waals surface area contributed by atoms with E-state index in [2.05, 4.69) is 13.5 Å². The highest BCUT2D eigenvalue weighted by Gasteiger charge is 2.23. The largest absolute Gasteiger partial charge is 0.459 e. The molecular formula is C10H16O2. The van der Waals surface area contributed by atoms with Gasteiger partial charge in [0, 0.05) is 6.08 Å². The zero-order valence-corrected chi connectivity index (χ0v) is 7.58. The van der Waals surface area contributed by atoms with E-state index in [0.29, 0.717) is 5.92 Å². The summed E-state index contributed by atoms with van der Waals surface area (Å²) in [5.74, 6) is 0.233. The quantitative estimate of drug-likeness (QED) is 0.467. The van der Waals surface area contributed by atoms with Crippen LogP contribution in [0.5, 0.6) is 0 Å². The van der Waals surface area contributed by atoms with Crippen molar-refractivity contribution in [2.45, 2.75) is 38.7 Å². The van der Waals surface area contributed by atoms with Gasteiger partial charge in [0.05, 0.1) is 0 Å². The van der Waals surface area contributed by atoms with E-state index < -0.39 is 0 Å². The number of hydrogen-bond acceptors (Lipinski definition) is 2. The summed E-state index contributed by atoms with van der Waals surface area (Å²) in [4.78, 5) is 10.9. The molecule has 0 saturated heterocycles. The second kappa shape index (κ2) is 4.29. The fraction of sp³-hybridized carbons (Fsp3) is 0.700. The molecule has 1 aliphatic rings. The third-order valence-electron chi connectivity index (χ3n) is 2.47. The van der Waals surface area contributed by atoms with Crippen LogP contribution in [0.1, 0.15) is 32.6 Å². The van der Waals surface area contributed by atoms with Gasteiger partial charge in [-0.15, -0.1) is 0 Å². The fourth-order valence-electron chi connectivity index (χ4n) is 1.65. The molecule has 68 valence electrons. The minimum Gasteiger partial charge on any atom is -0.459 e.